The van der Waals surface area contributed by atoms with Gasteiger partial charge in [-0.05, 0) is 63.2 Å². The molecule has 2 saturated heterocycles. The van der Waals surface area contributed by atoms with E-state index in [-0.39, 0.29) is 6.42 Å². The maximum atomic E-state index is 11.1. The maximum absolute atomic E-state index is 11.1. The van der Waals surface area contributed by atoms with E-state index >= 15 is 0 Å². The highest BCUT2D eigenvalue weighted by molar-refractivity contribution is 5.66. The number of aliphatic carboxylic acids is 1. The van der Waals surface area contributed by atoms with E-state index in [1.807, 2.05) is 12.4 Å². The van der Waals surface area contributed by atoms with E-state index in [2.05, 4.69) is 48.1 Å². The Morgan fingerprint density at radius 1 is 1.11 bits per heavy atom. The summed E-state index contributed by atoms with van der Waals surface area (Å²) in [5.41, 5.74) is 0.546. The molecule has 2 fully saturated rings. The van der Waals surface area contributed by atoms with Gasteiger partial charge in [-0.15, -0.1) is 0 Å². The summed E-state index contributed by atoms with van der Waals surface area (Å²) in [6.07, 6.45) is 12.7. The lowest BCUT2D eigenvalue weighted by atomic mass is 9.77. The van der Waals surface area contributed by atoms with Crippen molar-refractivity contribution >= 4 is 5.97 Å². The van der Waals surface area contributed by atoms with Crippen molar-refractivity contribution in [3.8, 4) is 0 Å². The SMILES string of the molecule is CC(C)CN1CCC2(CC1)CCN(CCCn1ccnc1CN(CCC(=O)O)Cc1ncc[nH]1)C2. The molecule has 4 heterocycles. The molecule has 35 heavy (non-hydrogen) atoms. The molecule has 0 unspecified atom stereocenters. The standard InChI is InChI=1S/C26H43N7O2/c1-22(2)18-30-14-5-26(6-15-30)7-16-31(21-26)11-3-12-33-17-10-29-24(33)20-32(13-4-25(34)35)19-23-27-8-9-28-23/h8-10,17,22H,3-7,11-16,18-21H2,1-2H3,(H,27,28)(H,34,35). The number of carboxylic acid groups (broad SMARTS) is 1. The van der Waals surface area contributed by atoms with Gasteiger partial charge in [-0.2, -0.15) is 0 Å². The van der Waals surface area contributed by atoms with Crippen LogP contribution in [0.5, 0.6) is 0 Å². The van der Waals surface area contributed by atoms with Crippen molar-refractivity contribution < 1.29 is 9.90 Å². The van der Waals surface area contributed by atoms with Gasteiger partial charge in [0.25, 0.3) is 0 Å². The number of carboxylic acids is 1. The van der Waals surface area contributed by atoms with E-state index in [1.165, 1.54) is 52.0 Å². The van der Waals surface area contributed by atoms with E-state index in [0.29, 0.717) is 25.0 Å². The van der Waals surface area contributed by atoms with Crippen LogP contribution in [-0.2, 0) is 24.4 Å². The van der Waals surface area contributed by atoms with Gasteiger partial charge in [0.15, 0.2) is 0 Å². The van der Waals surface area contributed by atoms with Crippen LogP contribution < -0.4 is 0 Å². The molecule has 2 aromatic heterocycles. The van der Waals surface area contributed by atoms with Crippen LogP contribution >= 0.6 is 0 Å². The number of hydrogen-bond donors (Lipinski definition) is 2. The number of H-pyrrole nitrogens is 1. The zero-order chi connectivity index (χ0) is 24.7. The lowest BCUT2D eigenvalue weighted by Gasteiger charge is -2.40. The molecule has 0 aromatic carbocycles. The molecule has 0 aliphatic carbocycles. The zero-order valence-electron chi connectivity index (χ0n) is 21.5. The van der Waals surface area contributed by atoms with Crippen LogP contribution in [0.2, 0.25) is 0 Å². The third kappa shape index (κ3) is 7.62. The van der Waals surface area contributed by atoms with Crippen molar-refractivity contribution in [1.82, 2.24) is 34.2 Å². The number of aryl methyl sites for hydroxylation is 1. The van der Waals surface area contributed by atoms with Crippen LogP contribution in [0.3, 0.4) is 0 Å². The van der Waals surface area contributed by atoms with Gasteiger partial charge < -0.3 is 24.5 Å². The average molecular weight is 486 g/mol. The Labute approximate surface area is 209 Å². The Morgan fingerprint density at radius 3 is 2.57 bits per heavy atom. The van der Waals surface area contributed by atoms with Gasteiger partial charge >= 0.3 is 5.97 Å². The first-order valence-electron chi connectivity index (χ1n) is 13.3. The average Bonchev–Trinajstić information content (AvgIpc) is 3.57. The normalized spacial score (nSPS) is 18.9. The Hall–Kier alpha value is -2.23. The molecule has 194 valence electrons. The molecule has 0 atom stereocenters. The molecule has 0 radical (unpaired) electrons. The molecule has 2 aromatic rings. The van der Waals surface area contributed by atoms with Crippen molar-refractivity contribution in [1.29, 1.82) is 0 Å². The topological polar surface area (TPSA) is 93.5 Å². The summed E-state index contributed by atoms with van der Waals surface area (Å²) in [4.78, 5) is 30.6. The molecular weight excluding hydrogens is 442 g/mol. The van der Waals surface area contributed by atoms with Crippen molar-refractivity contribution in [2.45, 2.75) is 65.6 Å². The number of rotatable bonds is 13. The third-order valence-electron chi connectivity index (χ3n) is 7.67. The van der Waals surface area contributed by atoms with E-state index in [4.69, 9.17) is 5.11 Å². The van der Waals surface area contributed by atoms with Gasteiger partial charge in [-0.3, -0.25) is 9.69 Å². The summed E-state index contributed by atoms with van der Waals surface area (Å²) in [6, 6.07) is 0. The molecule has 0 amide bonds. The molecule has 9 heteroatoms. The number of hydrogen-bond acceptors (Lipinski definition) is 6. The van der Waals surface area contributed by atoms with Gasteiger partial charge in [-0.25, -0.2) is 9.97 Å². The number of piperidine rings is 1. The first-order chi connectivity index (χ1) is 16.9. The fourth-order valence-electron chi connectivity index (χ4n) is 5.78. The molecule has 2 aliphatic heterocycles. The van der Waals surface area contributed by atoms with Crippen LogP contribution in [0.1, 0.15) is 57.6 Å². The third-order valence-corrected chi connectivity index (χ3v) is 7.67. The predicted molar refractivity (Wildman–Crippen MR) is 136 cm³/mol. The van der Waals surface area contributed by atoms with Gasteiger partial charge in [0.05, 0.1) is 19.5 Å². The quantitative estimate of drug-likeness (QED) is 0.451. The highest BCUT2D eigenvalue weighted by Crippen LogP contribution is 2.40. The van der Waals surface area contributed by atoms with Crippen molar-refractivity contribution in [2.24, 2.45) is 11.3 Å². The summed E-state index contributed by atoms with van der Waals surface area (Å²) in [5.74, 6) is 1.79. The smallest absolute Gasteiger partial charge is 0.304 e. The monoisotopic (exact) mass is 485 g/mol. The number of aromatic amines is 1. The highest BCUT2D eigenvalue weighted by atomic mass is 16.4. The van der Waals surface area contributed by atoms with Crippen LogP contribution in [0, 0.1) is 11.3 Å². The molecule has 2 N–H and O–H groups in total. The molecule has 9 nitrogen and oxygen atoms in total. The Bertz CT molecular complexity index is 903. The number of nitrogens with one attached hydrogen (secondary N) is 1. The maximum Gasteiger partial charge on any atom is 0.304 e. The molecule has 2 aliphatic rings. The fourth-order valence-corrected chi connectivity index (χ4v) is 5.78. The second-order valence-electron chi connectivity index (χ2n) is 11.0. The second-order valence-corrected chi connectivity index (χ2v) is 11.0. The number of imidazole rings is 2. The summed E-state index contributed by atoms with van der Waals surface area (Å²) in [6.45, 7) is 14.6. The molecular formula is C26H43N7O2. The van der Waals surface area contributed by atoms with E-state index in [1.54, 1.807) is 12.4 Å². The van der Waals surface area contributed by atoms with Crippen LogP contribution in [0.25, 0.3) is 0 Å². The van der Waals surface area contributed by atoms with E-state index in [9.17, 15) is 4.79 Å². The lowest BCUT2D eigenvalue weighted by molar-refractivity contribution is -0.137. The lowest BCUT2D eigenvalue weighted by Crippen LogP contribution is -2.42. The number of likely N-dealkylation sites (tertiary alicyclic amines) is 2. The first kappa shape index (κ1) is 25.9. The number of carbonyl (C=O) groups is 1. The second kappa shape index (κ2) is 12.1. The summed E-state index contributed by atoms with van der Waals surface area (Å²) in [5, 5.41) is 9.15. The predicted octanol–water partition coefficient (Wildman–Crippen LogP) is 2.92. The highest BCUT2D eigenvalue weighted by Gasteiger charge is 2.40. The van der Waals surface area contributed by atoms with Crippen molar-refractivity contribution in [2.75, 3.05) is 45.8 Å². The first-order valence-corrected chi connectivity index (χ1v) is 13.3. The van der Waals surface area contributed by atoms with Gasteiger partial charge in [0.2, 0.25) is 0 Å². The van der Waals surface area contributed by atoms with Crippen LogP contribution in [0.15, 0.2) is 24.8 Å². The fraction of sp³-hybridized carbons (Fsp3) is 0.731. The Kier molecular flexibility index (Phi) is 8.97. The number of nitrogens with zero attached hydrogens (tertiary/aromatic N) is 6. The minimum absolute atomic E-state index is 0.105. The van der Waals surface area contributed by atoms with Gasteiger partial charge in [0, 0.05) is 51.0 Å². The minimum Gasteiger partial charge on any atom is -0.481 e. The van der Waals surface area contributed by atoms with Gasteiger partial charge in [-0.1, -0.05) is 13.8 Å². The summed E-state index contributed by atoms with van der Waals surface area (Å²) >= 11 is 0. The van der Waals surface area contributed by atoms with Gasteiger partial charge in [0.1, 0.15) is 11.6 Å². The Morgan fingerprint density at radius 2 is 1.89 bits per heavy atom. The van der Waals surface area contributed by atoms with Crippen LogP contribution in [-0.4, -0.2) is 91.1 Å². The zero-order valence-corrected chi connectivity index (χ0v) is 21.5. The summed E-state index contributed by atoms with van der Waals surface area (Å²) < 4.78 is 2.23. The largest absolute Gasteiger partial charge is 0.481 e. The minimum atomic E-state index is -0.785. The molecule has 1 spiro atoms. The van der Waals surface area contributed by atoms with Crippen molar-refractivity contribution in [3.05, 3.63) is 36.4 Å². The molecule has 4 rings (SSSR count). The molecule has 0 bridgehead atoms. The summed E-state index contributed by atoms with van der Waals surface area (Å²) in [7, 11) is 0. The van der Waals surface area contributed by atoms with Crippen LogP contribution in [0.4, 0.5) is 0 Å². The number of aromatic nitrogens is 4. The van der Waals surface area contributed by atoms with E-state index in [0.717, 1.165) is 37.1 Å². The molecule has 0 saturated carbocycles. The Balaban J connectivity index is 1.23. The van der Waals surface area contributed by atoms with E-state index < -0.39 is 5.97 Å². The van der Waals surface area contributed by atoms with Crippen molar-refractivity contribution in [3.63, 3.8) is 0 Å².